The average Bonchev–Trinajstić information content (AvgIpc) is 2.26. The van der Waals surface area contributed by atoms with Crippen molar-refractivity contribution in [2.45, 2.75) is 51.9 Å². The maximum atomic E-state index is 11.2. The van der Waals surface area contributed by atoms with Gasteiger partial charge in [0.2, 0.25) is 0 Å². The van der Waals surface area contributed by atoms with Gasteiger partial charge in [-0.15, -0.1) is 0 Å². The van der Waals surface area contributed by atoms with Crippen LogP contribution in [-0.2, 0) is 4.79 Å². The van der Waals surface area contributed by atoms with E-state index in [9.17, 15) is 4.79 Å². The summed E-state index contributed by atoms with van der Waals surface area (Å²) in [6, 6.07) is 0. The maximum absolute atomic E-state index is 11.2. The molecule has 0 saturated heterocycles. The zero-order chi connectivity index (χ0) is 8.81. The van der Waals surface area contributed by atoms with Crippen LogP contribution in [0.3, 0.4) is 0 Å². The molecule has 0 fully saturated rings. The van der Waals surface area contributed by atoms with Crippen LogP contribution in [0.5, 0.6) is 0 Å². The molecule has 68 valence electrons. The van der Waals surface area contributed by atoms with Crippen LogP contribution in [0.25, 0.3) is 0 Å². The highest BCUT2D eigenvalue weighted by Crippen LogP contribution is 2.19. The van der Waals surface area contributed by atoms with Crippen LogP contribution in [-0.4, -0.2) is 5.78 Å². The number of allylic oxidation sites excluding steroid dienone is 2. The molecular formula is C11H18O. The van der Waals surface area contributed by atoms with Gasteiger partial charge in [-0.3, -0.25) is 4.79 Å². The molecular weight excluding hydrogens is 148 g/mol. The van der Waals surface area contributed by atoms with Crippen molar-refractivity contribution in [2.75, 3.05) is 0 Å². The summed E-state index contributed by atoms with van der Waals surface area (Å²) in [6.45, 7) is 2.19. The minimum Gasteiger partial charge on any atom is -0.295 e. The van der Waals surface area contributed by atoms with Crippen molar-refractivity contribution >= 4 is 5.78 Å². The van der Waals surface area contributed by atoms with Gasteiger partial charge in [-0.25, -0.2) is 0 Å². The van der Waals surface area contributed by atoms with Crippen LogP contribution in [0.1, 0.15) is 51.9 Å². The van der Waals surface area contributed by atoms with Gasteiger partial charge in [-0.05, 0) is 38.2 Å². The summed E-state index contributed by atoms with van der Waals surface area (Å²) in [4.78, 5) is 11.2. The number of hydrogen-bond donors (Lipinski definition) is 0. The molecule has 0 aromatic rings. The second-order valence-electron chi connectivity index (χ2n) is 3.58. The summed E-state index contributed by atoms with van der Waals surface area (Å²) in [5, 5.41) is 0. The van der Waals surface area contributed by atoms with Gasteiger partial charge in [0.15, 0.2) is 5.78 Å². The molecule has 1 rings (SSSR count). The van der Waals surface area contributed by atoms with E-state index >= 15 is 0 Å². The first kappa shape index (κ1) is 9.50. The summed E-state index contributed by atoms with van der Waals surface area (Å²) in [6.07, 6.45) is 9.73. The zero-order valence-corrected chi connectivity index (χ0v) is 7.94. The predicted octanol–water partition coefficient (Wildman–Crippen LogP) is 3.25. The van der Waals surface area contributed by atoms with E-state index in [1.165, 1.54) is 24.8 Å². The van der Waals surface area contributed by atoms with Crippen molar-refractivity contribution in [1.82, 2.24) is 0 Å². The molecule has 12 heavy (non-hydrogen) atoms. The molecule has 0 bridgehead atoms. The van der Waals surface area contributed by atoms with Crippen molar-refractivity contribution in [3.05, 3.63) is 11.6 Å². The molecule has 0 saturated carbocycles. The quantitative estimate of drug-likeness (QED) is 0.629. The Morgan fingerprint density at radius 2 is 2.08 bits per heavy atom. The Labute approximate surface area is 74.9 Å². The average molecular weight is 166 g/mol. The van der Waals surface area contributed by atoms with Gasteiger partial charge in [0.25, 0.3) is 0 Å². The van der Waals surface area contributed by atoms with Crippen molar-refractivity contribution in [3.8, 4) is 0 Å². The Morgan fingerprint density at radius 3 is 2.83 bits per heavy atom. The minimum absolute atomic E-state index is 0.346. The van der Waals surface area contributed by atoms with Gasteiger partial charge in [0, 0.05) is 6.42 Å². The third kappa shape index (κ3) is 3.21. The molecule has 0 spiro atoms. The van der Waals surface area contributed by atoms with Crippen LogP contribution in [0.2, 0.25) is 0 Å². The third-order valence-electron chi connectivity index (χ3n) is 2.39. The van der Waals surface area contributed by atoms with E-state index in [0.29, 0.717) is 5.78 Å². The highest BCUT2D eigenvalue weighted by molar-refractivity contribution is 5.90. The van der Waals surface area contributed by atoms with Gasteiger partial charge >= 0.3 is 0 Å². The Hall–Kier alpha value is -0.590. The first-order chi connectivity index (χ1) is 5.83. The van der Waals surface area contributed by atoms with Crippen LogP contribution >= 0.6 is 0 Å². The number of unbranched alkanes of at least 4 members (excludes halogenated alkanes) is 1. The van der Waals surface area contributed by atoms with E-state index in [0.717, 1.165) is 25.7 Å². The topological polar surface area (TPSA) is 17.1 Å². The van der Waals surface area contributed by atoms with Crippen LogP contribution in [0.15, 0.2) is 11.6 Å². The molecule has 1 aliphatic carbocycles. The first-order valence-corrected chi connectivity index (χ1v) is 5.05. The van der Waals surface area contributed by atoms with Crippen LogP contribution in [0, 0.1) is 0 Å². The number of hydrogen-bond acceptors (Lipinski definition) is 1. The number of ketones is 1. The summed E-state index contributed by atoms with van der Waals surface area (Å²) < 4.78 is 0. The van der Waals surface area contributed by atoms with Crippen molar-refractivity contribution in [1.29, 1.82) is 0 Å². The molecule has 1 aliphatic rings. The predicted molar refractivity (Wildman–Crippen MR) is 51.1 cm³/mol. The van der Waals surface area contributed by atoms with Crippen molar-refractivity contribution < 1.29 is 4.79 Å². The number of carbonyl (C=O) groups excluding carboxylic acids is 1. The maximum Gasteiger partial charge on any atom is 0.155 e. The van der Waals surface area contributed by atoms with Crippen LogP contribution in [0.4, 0.5) is 0 Å². The van der Waals surface area contributed by atoms with Crippen LogP contribution < -0.4 is 0 Å². The van der Waals surface area contributed by atoms with E-state index in [1.807, 2.05) is 6.08 Å². The lowest BCUT2D eigenvalue weighted by Crippen LogP contribution is -1.90. The summed E-state index contributed by atoms with van der Waals surface area (Å²) in [5.74, 6) is 0.346. The highest BCUT2D eigenvalue weighted by Gasteiger charge is 2.07. The fraction of sp³-hybridized carbons (Fsp3) is 0.727. The van der Waals surface area contributed by atoms with E-state index < -0.39 is 0 Å². The van der Waals surface area contributed by atoms with Gasteiger partial charge in [0.1, 0.15) is 0 Å². The number of carbonyl (C=O) groups is 1. The fourth-order valence-electron chi connectivity index (χ4n) is 1.62. The largest absolute Gasteiger partial charge is 0.295 e. The van der Waals surface area contributed by atoms with Gasteiger partial charge in [-0.1, -0.05) is 18.9 Å². The SMILES string of the molecule is CCCCC1=CC(=O)CCCC1. The van der Waals surface area contributed by atoms with Gasteiger partial charge < -0.3 is 0 Å². The van der Waals surface area contributed by atoms with E-state index in [2.05, 4.69) is 6.92 Å². The van der Waals surface area contributed by atoms with Gasteiger partial charge in [0.05, 0.1) is 0 Å². The molecule has 0 unspecified atom stereocenters. The van der Waals surface area contributed by atoms with Gasteiger partial charge in [-0.2, -0.15) is 0 Å². The summed E-state index contributed by atoms with van der Waals surface area (Å²) in [7, 11) is 0. The second kappa shape index (κ2) is 5.13. The lowest BCUT2D eigenvalue weighted by atomic mass is 10.0. The summed E-state index contributed by atoms with van der Waals surface area (Å²) >= 11 is 0. The second-order valence-corrected chi connectivity index (χ2v) is 3.58. The van der Waals surface area contributed by atoms with E-state index in [1.54, 1.807) is 0 Å². The molecule has 0 amide bonds. The molecule has 0 aromatic heterocycles. The Kier molecular flexibility index (Phi) is 4.06. The van der Waals surface area contributed by atoms with Crippen molar-refractivity contribution in [2.24, 2.45) is 0 Å². The third-order valence-corrected chi connectivity index (χ3v) is 2.39. The molecule has 0 atom stereocenters. The first-order valence-electron chi connectivity index (χ1n) is 5.05. The highest BCUT2D eigenvalue weighted by atomic mass is 16.1. The smallest absolute Gasteiger partial charge is 0.155 e. The Bertz CT molecular complexity index is 179. The molecule has 1 heteroatoms. The monoisotopic (exact) mass is 166 g/mol. The molecule has 0 N–H and O–H groups in total. The zero-order valence-electron chi connectivity index (χ0n) is 7.94. The lowest BCUT2D eigenvalue weighted by Gasteiger charge is -2.01. The number of rotatable bonds is 3. The van der Waals surface area contributed by atoms with E-state index in [4.69, 9.17) is 0 Å². The molecule has 0 heterocycles. The molecule has 0 aromatic carbocycles. The standard InChI is InChI=1S/C11H18O/c1-2-3-6-10-7-4-5-8-11(12)9-10/h9H,2-8H2,1H3. The molecule has 1 nitrogen and oxygen atoms in total. The fourth-order valence-corrected chi connectivity index (χ4v) is 1.62. The Balaban J connectivity index is 2.42. The van der Waals surface area contributed by atoms with E-state index in [-0.39, 0.29) is 0 Å². The summed E-state index contributed by atoms with van der Waals surface area (Å²) in [5.41, 5.74) is 1.39. The minimum atomic E-state index is 0.346. The Morgan fingerprint density at radius 1 is 1.33 bits per heavy atom. The molecule has 0 aliphatic heterocycles. The molecule has 0 radical (unpaired) electrons. The van der Waals surface area contributed by atoms with Crippen molar-refractivity contribution in [3.63, 3.8) is 0 Å². The lowest BCUT2D eigenvalue weighted by molar-refractivity contribution is -0.114. The normalized spacial score (nSPS) is 18.8.